The molecule has 14 rings (SSSR count). The van der Waals surface area contributed by atoms with E-state index in [1.807, 2.05) is 22.7 Å². The summed E-state index contributed by atoms with van der Waals surface area (Å²) in [5, 5.41) is 5.28. The zero-order valence-corrected chi connectivity index (χ0v) is 40.7. The van der Waals surface area contributed by atoms with Gasteiger partial charge in [-0.2, -0.15) is 0 Å². The molecular formula is C61H52BN3S2. The molecule has 1 fully saturated rings. The maximum absolute atomic E-state index is 2.76. The largest absolute Gasteiger partial charge is 0.334 e. The molecule has 326 valence electrons. The quantitative estimate of drug-likeness (QED) is 0.164. The maximum atomic E-state index is 2.76. The molecule has 10 aromatic rings. The molecule has 1 aliphatic carbocycles. The highest BCUT2D eigenvalue weighted by Gasteiger charge is 2.58. The number of benzene rings is 8. The van der Waals surface area contributed by atoms with E-state index in [2.05, 4.69) is 214 Å². The molecule has 0 N–H and O–H groups in total. The first kappa shape index (κ1) is 39.8. The number of anilines is 8. The molecule has 0 radical (unpaired) electrons. The van der Waals surface area contributed by atoms with Gasteiger partial charge in [-0.1, -0.05) is 125 Å². The lowest BCUT2D eigenvalue weighted by Crippen LogP contribution is -2.61. The zero-order valence-electron chi connectivity index (χ0n) is 39.1. The third kappa shape index (κ3) is 5.34. The minimum Gasteiger partial charge on any atom is -0.334 e. The van der Waals surface area contributed by atoms with E-state index in [-0.39, 0.29) is 23.1 Å². The summed E-state index contributed by atoms with van der Waals surface area (Å²) in [6.45, 7) is 14.5. The number of hydrogen-bond acceptors (Lipinski definition) is 5. The van der Waals surface area contributed by atoms with Crippen molar-refractivity contribution in [1.29, 1.82) is 0 Å². The smallest absolute Gasteiger partial charge is 0.252 e. The van der Waals surface area contributed by atoms with Gasteiger partial charge in [0, 0.05) is 79.9 Å². The molecule has 3 nitrogen and oxygen atoms in total. The van der Waals surface area contributed by atoms with E-state index in [0.29, 0.717) is 0 Å². The van der Waals surface area contributed by atoms with Crippen molar-refractivity contribution in [3.8, 4) is 0 Å². The van der Waals surface area contributed by atoms with Crippen LogP contribution in [0.25, 0.3) is 40.3 Å². The first-order chi connectivity index (χ1) is 32.5. The van der Waals surface area contributed by atoms with E-state index in [1.165, 1.54) is 145 Å². The minimum atomic E-state index is -0.0535. The number of aryl methyl sites for hydroxylation is 1. The van der Waals surface area contributed by atoms with E-state index < -0.39 is 0 Å². The Kier molecular flexibility index (Phi) is 8.24. The second-order valence-electron chi connectivity index (χ2n) is 21.3. The van der Waals surface area contributed by atoms with Crippen LogP contribution in [0.4, 0.5) is 45.5 Å². The molecule has 0 spiro atoms. The Hall–Kier alpha value is -6.34. The van der Waals surface area contributed by atoms with Crippen molar-refractivity contribution in [2.75, 3.05) is 14.7 Å². The molecular weight excluding hydrogens is 850 g/mol. The number of rotatable bonds is 3. The fourth-order valence-electron chi connectivity index (χ4n) is 13.2. The van der Waals surface area contributed by atoms with Crippen molar-refractivity contribution in [2.24, 2.45) is 0 Å². The van der Waals surface area contributed by atoms with Gasteiger partial charge in [-0.15, -0.1) is 22.7 Å². The van der Waals surface area contributed by atoms with Gasteiger partial charge >= 0.3 is 0 Å². The van der Waals surface area contributed by atoms with Crippen LogP contribution in [-0.2, 0) is 10.8 Å². The highest BCUT2D eigenvalue weighted by Crippen LogP contribution is 2.61. The summed E-state index contributed by atoms with van der Waals surface area (Å²) in [7, 11) is 0. The van der Waals surface area contributed by atoms with Crippen LogP contribution in [0.1, 0.15) is 77.0 Å². The lowest BCUT2D eigenvalue weighted by atomic mass is 9.33. The lowest BCUT2D eigenvalue weighted by Gasteiger charge is -2.50. The van der Waals surface area contributed by atoms with Crippen LogP contribution in [-0.4, -0.2) is 12.3 Å². The van der Waals surface area contributed by atoms with Crippen molar-refractivity contribution >= 4 is 132 Å². The van der Waals surface area contributed by atoms with E-state index in [0.717, 1.165) is 0 Å². The molecule has 1 saturated carbocycles. The van der Waals surface area contributed by atoms with Crippen LogP contribution in [0.3, 0.4) is 0 Å². The van der Waals surface area contributed by atoms with E-state index >= 15 is 0 Å². The third-order valence-electron chi connectivity index (χ3n) is 16.6. The fourth-order valence-corrected chi connectivity index (χ4v) is 15.5. The molecule has 5 heterocycles. The number of fused-ring (bicyclic) bond motifs is 13. The molecule has 0 saturated heterocycles. The predicted octanol–water partition coefficient (Wildman–Crippen LogP) is 15.9. The summed E-state index contributed by atoms with van der Waals surface area (Å²) >= 11 is 3.80. The van der Waals surface area contributed by atoms with Crippen LogP contribution in [0, 0.1) is 6.92 Å². The Labute approximate surface area is 402 Å². The first-order valence-electron chi connectivity index (χ1n) is 24.3. The summed E-state index contributed by atoms with van der Waals surface area (Å²) in [6, 6.07) is 61.2. The summed E-state index contributed by atoms with van der Waals surface area (Å²) in [4.78, 5) is 8.09. The molecule has 67 heavy (non-hydrogen) atoms. The van der Waals surface area contributed by atoms with Crippen molar-refractivity contribution < 1.29 is 0 Å². The minimum absolute atomic E-state index is 0.0180. The van der Waals surface area contributed by atoms with E-state index in [4.69, 9.17) is 0 Å². The van der Waals surface area contributed by atoms with Gasteiger partial charge in [0.1, 0.15) is 0 Å². The molecule has 3 aliphatic heterocycles. The van der Waals surface area contributed by atoms with Gasteiger partial charge in [0.2, 0.25) is 0 Å². The zero-order chi connectivity index (χ0) is 45.1. The molecule has 0 bridgehead atoms. The Balaban J connectivity index is 1.09. The van der Waals surface area contributed by atoms with Crippen molar-refractivity contribution in [3.63, 3.8) is 0 Å². The standard InChI is InChI=1S/C61H52BN3S2/c1-37-33-50-58-51(34-37)64(47-22-16-26-55-57(47)41-18-8-12-24-53(41)67-55)49-36-39(65-45-20-10-9-19-42(45)60(5)31-13-14-32-61(60,65)6)28-30-44(49)62(58)43-29-27-38(59(2,3)4)35-48(43)63(50)46-21-15-25-54-56(46)40-17-7-11-23-52(40)66-54/h7-12,15-30,33-36H,13-14,31-32H2,1-6H3. The van der Waals surface area contributed by atoms with Gasteiger partial charge in [-0.25, -0.2) is 0 Å². The van der Waals surface area contributed by atoms with Gasteiger partial charge < -0.3 is 14.7 Å². The van der Waals surface area contributed by atoms with Crippen LogP contribution in [0.5, 0.6) is 0 Å². The molecule has 6 heteroatoms. The number of para-hydroxylation sites is 1. The maximum Gasteiger partial charge on any atom is 0.252 e. The Morgan fingerprint density at radius 3 is 1.69 bits per heavy atom. The van der Waals surface area contributed by atoms with Gasteiger partial charge in [0.15, 0.2) is 0 Å². The van der Waals surface area contributed by atoms with Gasteiger partial charge in [-0.05, 0) is 138 Å². The Morgan fingerprint density at radius 1 is 0.507 bits per heavy atom. The van der Waals surface area contributed by atoms with Crippen LogP contribution >= 0.6 is 22.7 Å². The molecule has 4 aliphatic rings. The van der Waals surface area contributed by atoms with Gasteiger partial charge in [0.05, 0.1) is 16.9 Å². The van der Waals surface area contributed by atoms with Gasteiger partial charge in [-0.3, -0.25) is 0 Å². The monoisotopic (exact) mass is 901 g/mol. The van der Waals surface area contributed by atoms with Crippen LogP contribution < -0.4 is 31.1 Å². The Bertz CT molecular complexity index is 3740. The third-order valence-corrected chi connectivity index (χ3v) is 18.9. The molecule has 8 aromatic carbocycles. The fraction of sp³-hybridized carbons (Fsp3) is 0.213. The first-order valence-corrected chi connectivity index (χ1v) is 25.9. The van der Waals surface area contributed by atoms with Crippen LogP contribution in [0.15, 0.2) is 158 Å². The van der Waals surface area contributed by atoms with E-state index in [1.54, 1.807) is 0 Å². The van der Waals surface area contributed by atoms with Crippen molar-refractivity contribution in [3.05, 3.63) is 174 Å². The summed E-state index contributed by atoms with van der Waals surface area (Å²) in [5.74, 6) is 0. The summed E-state index contributed by atoms with van der Waals surface area (Å²) < 4.78 is 5.28. The molecule has 2 unspecified atom stereocenters. The average molecular weight is 902 g/mol. The predicted molar refractivity (Wildman–Crippen MR) is 292 cm³/mol. The molecule has 0 amide bonds. The van der Waals surface area contributed by atoms with Crippen molar-refractivity contribution in [1.82, 2.24) is 0 Å². The molecule has 2 aromatic heterocycles. The van der Waals surface area contributed by atoms with Crippen molar-refractivity contribution in [2.45, 2.75) is 83.6 Å². The van der Waals surface area contributed by atoms with E-state index in [9.17, 15) is 0 Å². The number of hydrogen-bond donors (Lipinski definition) is 0. The lowest BCUT2D eigenvalue weighted by molar-refractivity contribution is 0.195. The average Bonchev–Trinajstić information content (AvgIpc) is 3.97. The summed E-state index contributed by atoms with van der Waals surface area (Å²) in [6.07, 6.45) is 4.89. The highest BCUT2D eigenvalue weighted by atomic mass is 32.1. The second-order valence-corrected chi connectivity index (χ2v) is 23.4. The Morgan fingerprint density at radius 2 is 1.04 bits per heavy atom. The number of nitrogens with zero attached hydrogens (tertiary/aromatic N) is 3. The van der Waals surface area contributed by atoms with Gasteiger partial charge in [0.25, 0.3) is 6.71 Å². The number of thiophene rings is 2. The normalized spacial score (nSPS) is 19.6. The second kappa shape index (κ2) is 13.9. The van der Waals surface area contributed by atoms with Crippen LogP contribution in [0.2, 0.25) is 0 Å². The SMILES string of the molecule is Cc1cc2c3c(c1)N(c1cccc4sc5ccccc5c14)c1cc(C(C)(C)C)ccc1B3c1ccc(N3c4ccccc4C4(C)CCCCC34C)cc1N2c1cccc2sc3ccccc3c12. The highest BCUT2D eigenvalue weighted by molar-refractivity contribution is 7.26. The topological polar surface area (TPSA) is 9.72 Å². The summed E-state index contributed by atoms with van der Waals surface area (Å²) in [5.41, 5.74) is 18.3. The molecule has 2 atom stereocenters.